The van der Waals surface area contributed by atoms with Gasteiger partial charge in [-0.25, -0.2) is 0 Å². The smallest absolute Gasteiger partial charge is 0.241 e. The average molecular weight is 352 g/mol. The molecule has 0 atom stereocenters. The Balaban J connectivity index is 0.00000208. The minimum atomic E-state index is 0. The van der Waals surface area contributed by atoms with Crippen molar-refractivity contribution in [1.82, 2.24) is 10.2 Å². The van der Waals surface area contributed by atoms with E-state index in [0.29, 0.717) is 6.54 Å². The van der Waals surface area contributed by atoms with Gasteiger partial charge in [0.2, 0.25) is 5.91 Å². The third-order valence-corrected chi connectivity index (χ3v) is 5.16. The summed E-state index contributed by atoms with van der Waals surface area (Å²) in [6.45, 7) is 7.87. The Morgan fingerprint density at radius 1 is 1.21 bits per heavy atom. The number of carbonyl (C=O) groups is 1. The van der Waals surface area contributed by atoms with Crippen molar-refractivity contribution in [3.63, 3.8) is 0 Å². The Bertz CT molecular complexity index is 529. The lowest BCUT2D eigenvalue weighted by Gasteiger charge is -2.35. The van der Waals surface area contributed by atoms with Crippen LogP contribution in [0.5, 0.6) is 0 Å². The molecule has 2 aliphatic rings. The highest BCUT2D eigenvalue weighted by Crippen LogP contribution is 2.27. The fourth-order valence-corrected chi connectivity index (χ4v) is 3.77. The number of rotatable bonds is 5. The first kappa shape index (κ1) is 19.2. The predicted molar refractivity (Wildman–Crippen MR) is 102 cm³/mol. The summed E-state index contributed by atoms with van der Waals surface area (Å²) >= 11 is 0. The zero-order valence-electron chi connectivity index (χ0n) is 14.7. The maximum atomic E-state index is 12.8. The summed E-state index contributed by atoms with van der Waals surface area (Å²) in [6.07, 6.45) is 4.58. The molecule has 134 valence electrons. The van der Waals surface area contributed by atoms with E-state index in [2.05, 4.69) is 35.3 Å². The SMILES string of the molecule is CCNCC1CCN(CC(=O)N2CCCc3ccccc32)CC1.Cl. The van der Waals surface area contributed by atoms with E-state index in [9.17, 15) is 4.79 Å². The van der Waals surface area contributed by atoms with E-state index in [1.807, 2.05) is 11.0 Å². The highest BCUT2D eigenvalue weighted by Gasteiger charge is 2.26. The van der Waals surface area contributed by atoms with E-state index >= 15 is 0 Å². The number of aryl methyl sites for hydroxylation is 1. The number of anilines is 1. The largest absolute Gasteiger partial charge is 0.317 e. The standard InChI is InChI=1S/C19H29N3O.ClH/c1-2-20-14-16-9-12-21(13-10-16)15-19(23)22-11-5-7-17-6-3-4-8-18(17)22;/h3-4,6,8,16,20H,2,5,7,9-15H2,1H3;1H. The first-order chi connectivity index (χ1) is 11.3. The topological polar surface area (TPSA) is 35.6 Å². The molecule has 3 rings (SSSR count). The normalized spacial score (nSPS) is 18.8. The maximum Gasteiger partial charge on any atom is 0.241 e. The molecule has 2 heterocycles. The molecule has 1 aromatic carbocycles. The van der Waals surface area contributed by atoms with Crippen LogP contribution in [-0.4, -0.2) is 50.1 Å². The number of halogens is 1. The lowest BCUT2D eigenvalue weighted by molar-refractivity contribution is -0.120. The minimum Gasteiger partial charge on any atom is -0.317 e. The summed E-state index contributed by atoms with van der Waals surface area (Å²) in [5.74, 6) is 1.04. The molecule has 0 radical (unpaired) electrons. The lowest BCUT2D eigenvalue weighted by Crippen LogP contribution is -2.45. The number of fused-ring (bicyclic) bond motifs is 1. The molecule has 2 aliphatic heterocycles. The molecule has 1 N–H and O–H groups in total. The van der Waals surface area contributed by atoms with Crippen molar-refractivity contribution in [3.05, 3.63) is 29.8 Å². The molecule has 1 fully saturated rings. The number of hydrogen-bond acceptors (Lipinski definition) is 3. The van der Waals surface area contributed by atoms with Crippen molar-refractivity contribution in [1.29, 1.82) is 0 Å². The number of piperidine rings is 1. The summed E-state index contributed by atoms with van der Waals surface area (Å²) in [6, 6.07) is 8.36. The van der Waals surface area contributed by atoms with Crippen LogP contribution in [0.2, 0.25) is 0 Å². The second-order valence-electron chi connectivity index (χ2n) is 6.80. The Morgan fingerprint density at radius 3 is 2.71 bits per heavy atom. The van der Waals surface area contributed by atoms with E-state index < -0.39 is 0 Å². The molecule has 0 aromatic heterocycles. The fourth-order valence-electron chi connectivity index (χ4n) is 3.77. The molecular weight excluding hydrogens is 322 g/mol. The van der Waals surface area contributed by atoms with Crippen LogP contribution >= 0.6 is 12.4 Å². The fraction of sp³-hybridized carbons (Fsp3) is 0.632. The number of benzene rings is 1. The van der Waals surface area contributed by atoms with Crippen molar-refractivity contribution in [2.75, 3.05) is 44.2 Å². The van der Waals surface area contributed by atoms with Crippen LogP contribution in [0.15, 0.2) is 24.3 Å². The zero-order chi connectivity index (χ0) is 16.1. The number of para-hydroxylation sites is 1. The Kier molecular flexibility index (Phi) is 7.53. The lowest BCUT2D eigenvalue weighted by atomic mass is 9.96. The van der Waals surface area contributed by atoms with Crippen molar-refractivity contribution in [2.45, 2.75) is 32.6 Å². The van der Waals surface area contributed by atoms with Gasteiger partial charge in [0, 0.05) is 12.2 Å². The summed E-state index contributed by atoms with van der Waals surface area (Å²) in [4.78, 5) is 17.1. The van der Waals surface area contributed by atoms with Crippen molar-refractivity contribution in [3.8, 4) is 0 Å². The van der Waals surface area contributed by atoms with Gasteiger partial charge in [-0.05, 0) is 69.4 Å². The first-order valence-corrected chi connectivity index (χ1v) is 9.09. The van der Waals surface area contributed by atoms with Gasteiger partial charge in [-0.3, -0.25) is 9.69 Å². The van der Waals surface area contributed by atoms with Gasteiger partial charge in [0.15, 0.2) is 0 Å². The number of nitrogens with one attached hydrogen (secondary N) is 1. The van der Waals surface area contributed by atoms with Crippen molar-refractivity contribution >= 4 is 24.0 Å². The van der Waals surface area contributed by atoms with Gasteiger partial charge < -0.3 is 10.2 Å². The molecule has 5 heteroatoms. The summed E-state index contributed by atoms with van der Waals surface area (Å²) < 4.78 is 0. The zero-order valence-corrected chi connectivity index (χ0v) is 15.5. The van der Waals surface area contributed by atoms with Crippen molar-refractivity contribution < 1.29 is 4.79 Å². The van der Waals surface area contributed by atoms with Crippen LogP contribution < -0.4 is 10.2 Å². The molecule has 24 heavy (non-hydrogen) atoms. The van der Waals surface area contributed by atoms with Gasteiger partial charge in [0.25, 0.3) is 0 Å². The molecular formula is C19H30ClN3O. The van der Waals surface area contributed by atoms with Gasteiger partial charge in [0.1, 0.15) is 0 Å². The quantitative estimate of drug-likeness (QED) is 0.886. The van der Waals surface area contributed by atoms with Crippen LogP contribution in [0, 0.1) is 5.92 Å². The van der Waals surface area contributed by atoms with Gasteiger partial charge in [0.05, 0.1) is 6.54 Å². The average Bonchev–Trinajstić information content (AvgIpc) is 2.60. The monoisotopic (exact) mass is 351 g/mol. The summed E-state index contributed by atoms with van der Waals surface area (Å²) in [5.41, 5.74) is 2.45. The van der Waals surface area contributed by atoms with E-state index in [-0.39, 0.29) is 18.3 Å². The molecule has 1 aromatic rings. The Hall–Kier alpha value is -1.10. The molecule has 0 aliphatic carbocycles. The minimum absolute atomic E-state index is 0. The van der Waals surface area contributed by atoms with Gasteiger partial charge in [-0.15, -0.1) is 12.4 Å². The molecule has 1 amide bonds. The van der Waals surface area contributed by atoms with Crippen LogP contribution in [0.4, 0.5) is 5.69 Å². The molecule has 1 saturated heterocycles. The third-order valence-electron chi connectivity index (χ3n) is 5.16. The predicted octanol–water partition coefficient (Wildman–Crippen LogP) is 2.71. The molecule has 0 spiro atoms. The second-order valence-corrected chi connectivity index (χ2v) is 6.80. The van der Waals surface area contributed by atoms with E-state index in [1.165, 1.54) is 18.4 Å². The van der Waals surface area contributed by atoms with Gasteiger partial charge in [-0.1, -0.05) is 25.1 Å². The maximum absolute atomic E-state index is 12.8. The van der Waals surface area contributed by atoms with E-state index in [0.717, 1.165) is 57.2 Å². The third kappa shape index (κ3) is 4.71. The van der Waals surface area contributed by atoms with Gasteiger partial charge >= 0.3 is 0 Å². The van der Waals surface area contributed by atoms with Gasteiger partial charge in [-0.2, -0.15) is 0 Å². The number of likely N-dealkylation sites (tertiary alicyclic amines) is 1. The molecule has 0 saturated carbocycles. The number of carbonyl (C=O) groups excluding carboxylic acids is 1. The van der Waals surface area contributed by atoms with Crippen LogP contribution in [0.3, 0.4) is 0 Å². The van der Waals surface area contributed by atoms with E-state index in [1.54, 1.807) is 0 Å². The van der Waals surface area contributed by atoms with E-state index in [4.69, 9.17) is 0 Å². The van der Waals surface area contributed by atoms with Crippen LogP contribution in [-0.2, 0) is 11.2 Å². The Morgan fingerprint density at radius 2 is 1.96 bits per heavy atom. The molecule has 0 bridgehead atoms. The molecule has 0 unspecified atom stereocenters. The van der Waals surface area contributed by atoms with Crippen LogP contribution in [0.25, 0.3) is 0 Å². The molecule has 4 nitrogen and oxygen atoms in total. The van der Waals surface area contributed by atoms with Crippen LogP contribution in [0.1, 0.15) is 31.7 Å². The number of amides is 1. The second kappa shape index (κ2) is 9.40. The highest BCUT2D eigenvalue weighted by molar-refractivity contribution is 5.95. The highest BCUT2D eigenvalue weighted by atomic mass is 35.5. The first-order valence-electron chi connectivity index (χ1n) is 9.09. The van der Waals surface area contributed by atoms with Crippen molar-refractivity contribution in [2.24, 2.45) is 5.92 Å². The summed E-state index contributed by atoms with van der Waals surface area (Å²) in [5, 5.41) is 3.44. The number of nitrogens with zero attached hydrogens (tertiary/aromatic N) is 2. The number of hydrogen-bond donors (Lipinski definition) is 1. The Labute approximate surface area is 152 Å². The summed E-state index contributed by atoms with van der Waals surface area (Å²) in [7, 11) is 0.